The summed E-state index contributed by atoms with van der Waals surface area (Å²) in [6, 6.07) is 23.9. The van der Waals surface area contributed by atoms with Crippen molar-refractivity contribution in [3.8, 4) is 0 Å². The highest BCUT2D eigenvalue weighted by molar-refractivity contribution is 7.86. The fourth-order valence-electron chi connectivity index (χ4n) is 9.78. The van der Waals surface area contributed by atoms with Crippen molar-refractivity contribution in [1.29, 1.82) is 0 Å². The fraction of sp³-hybridized carbons (Fsp3) is 0.294. The van der Waals surface area contributed by atoms with Crippen LogP contribution in [-0.4, -0.2) is 51.9 Å². The Morgan fingerprint density at radius 2 is 0.440 bits per heavy atom. The highest BCUT2D eigenvalue weighted by atomic mass is 32.2. The summed E-state index contributed by atoms with van der Waals surface area (Å²) < 4.78 is 135. The normalized spacial score (nSPS) is 28.1. The van der Waals surface area contributed by atoms with Crippen molar-refractivity contribution in [3.05, 3.63) is 119 Å². The molecule has 0 atom stereocenters. The Balaban J connectivity index is 1.50. The first-order chi connectivity index (χ1) is 23.1. The lowest BCUT2D eigenvalue weighted by Gasteiger charge is -2.71. The van der Waals surface area contributed by atoms with E-state index < -0.39 is 62.1 Å². The van der Waals surface area contributed by atoms with Gasteiger partial charge in [-0.05, 0) is 131 Å². The van der Waals surface area contributed by atoms with Gasteiger partial charge in [-0.3, -0.25) is 18.2 Å². The van der Waals surface area contributed by atoms with Gasteiger partial charge in [0, 0.05) is 0 Å². The first-order valence-electron chi connectivity index (χ1n) is 15.4. The monoisotopic (exact) mass is 760 g/mol. The molecule has 4 bridgehead atoms. The van der Waals surface area contributed by atoms with Crippen molar-refractivity contribution >= 4 is 40.5 Å². The van der Waals surface area contributed by atoms with Crippen molar-refractivity contribution < 1.29 is 51.9 Å². The third kappa shape index (κ3) is 5.81. The highest BCUT2D eigenvalue weighted by Crippen LogP contribution is 2.74. The lowest BCUT2D eigenvalue weighted by atomic mass is 9.32. The molecule has 0 aromatic heterocycles. The first kappa shape index (κ1) is 34.9. The second kappa shape index (κ2) is 11.0. The molecule has 264 valence electrons. The number of hydrogen-bond donors (Lipinski definition) is 4. The average molecular weight is 761 g/mol. The third-order valence-corrected chi connectivity index (χ3v) is 14.6. The van der Waals surface area contributed by atoms with Crippen LogP contribution in [0.25, 0.3) is 0 Å². The Labute approximate surface area is 290 Å². The number of hydrogen-bond acceptors (Lipinski definition) is 8. The average Bonchev–Trinajstić information content (AvgIpc) is 3.03. The van der Waals surface area contributed by atoms with E-state index in [2.05, 4.69) is 0 Å². The minimum absolute atomic E-state index is 0.285. The summed E-state index contributed by atoms with van der Waals surface area (Å²) in [7, 11) is -18.0. The van der Waals surface area contributed by atoms with E-state index in [-0.39, 0.29) is 19.6 Å². The summed E-state index contributed by atoms with van der Waals surface area (Å²) in [6.07, 6.45) is 3.20. The Kier molecular flexibility index (Phi) is 7.70. The van der Waals surface area contributed by atoms with Crippen LogP contribution < -0.4 is 0 Å². The zero-order valence-electron chi connectivity index (χ0n) is 26.2. The molecule has 12 nitrogen and oxygen atoms in total. The number of benzene rings is 4. The van der Waals surface area contributed by atoms with Gasteiger partial charge in [-0.1, -0.05) is 48.5 Å². The molecule has 0 heterocycles. The van der Waals surface area contributed by atoms with Crippen molar-refractivity contribution in [1.82, 2.24) is 0 Å². The highest BCUT2D eigenvalue weighted by Gasteiger charge is 2.69. The zero-order valence-corrected chi connectivity index (χ0v) is 29.4. The molecule has 0 amide bonds. The summed E-state index contributed by atoms with van der Waals surface area (Å²) >= 11 is 0. The first-order valence-corrected chi connectivity index (χ1v) is 21.2. The summed E-state index contributed by atoms with van der Waals surface area (Å²) in [5.74, 6) is 0. The molecule has 0 spiro atoms. The van der Waals surface area contributed by atoms with Crippen molar-refractivity contribution in [2.45, 2.75) is 79.8 Å². The van der Waals surface area contributed by atoms with E-state index in [4.69, 9.17) is 0 Å². The van der Waals surface area contributed by atoms with Gasteiger partial charge in [0.1, 0.15) is 0 Å². The topological polar surface area (TPSA) is 217 Å². The Hall–Kier alpha value is -3.48. The molecule has 4 aliphatic carbocycles. The quantitative estimate of drug-likeness (QED) is 0.172. The van der Waals surface area contributed by atoms with Crippen molar-refractivity contribution in [2.75, 3.05) is 0 Å². The van der Waals surface area contributed by atoms with E-state index in [0.717, 1.165) is 22.3 Å². The lowest BCUT2D eigenvalue weighted by Crippen LogP contribution is -2.67. The van der Waals surface area contributed by atoms with Gasteiger partial charge >= 0.3 is 0 Å². The number of rotatable bonds is 8. The van der Waals surface area contributed by atoms with E-state index in [9.17, 15) is 51.9 Å². The van der Waals surface area contributed by atoms with Crippen molar-refractivity contribution in [2.24, 2.45) is 0 Å². The minimum Gasteiger partial charge on any atom is -0.282 e. The molecule has 4 saturated carbocycles. The van der Waals surface area contributed by atoms with Crippen LogP contribution in [0.5, 0.6) is 0 Å². The molecule has 0 unspecified atom stereocenters. The second-order valence-electron chi connectivity index (χ2n) is 14.2. The molecule has 4 fully saturated rings. The Morgan fingerprint density at radius 1 is 0.300 bits per heavy atom. The molecule has 4 aromatic carbocycles. The second-order valence-corrected chi connectivity index (χ2v) is 19.9. The largest absolute Gasteiger partial charge is 0.294 e. The van der Waals surface area contributed by atoms with Crippen LogP contribution >= 0.6 is 0 Å². The fourth-order valence-corrected chi connectivity index (χ4v) is 11.7. The zero-order chi connectivity index (χ0) is 36.2. The predicted octanol–water partition coefficient (Wildman–Crippen LogP) is 5.11. The van der Waals surface area contributed by atoms with Crippen molar-refractivity contribution in [3.63, 3.8) is 0 Å². The van der Waals surface area contributed by atoms with E-state index >= 15 is 0 Å². The van der Waals surface area contributed by atoms with Gasteiger partial charge in [0.2, 0.25) is 0 Å². The summed E-state index contributed by atoms with van der Waals surface area (Å²) in [5, 5.41) is 0. The van der Waals surface area contributed by atoms with Crippen LogP contribution in [0.1, 0.15) is 60.8 Å². The maximum atomic E-state index is 12.0. The molecular formula is C34H32O12S4. The summed E-state index contributed by atoms with van der Waals surface area (Å²) in [5.41, 5.74) is 0.383. The van der Waals surface area contributed by atoms with Gasteiger partial charge in [0.15, 0.2) is 0 Å². The Bertz CT molecular complexity index is 2070. The lowest BCUT2D eigenvalue weighted by molar-refractivity contribution is -0.0692. The minimum atomic E-state index is -4.50. The van der Waals surface area contributed by atoms with E-state index in [0.29, 0.717) is 38.5 Å². The van der Waals surface area contributed by atoms with Gasteiger partial charge in [0.25, 0.3) is 40.5 Å². The predicted molar refractivity (Wildman–Crippen MR) is 179 cm³/mol. The van der Waals surface area contributed by atoms with E-state index in [1.54, 1.807) is 48.5 Å². The van der Waals surface area contributed by atoms with E-state index in [1.165, 1.54) is 48.5 Å². The van der Waals surface area contributed by atoms with Gasteiger partial charge < -0.3 is 0 Å². The smallest absolute Gasteiger partial charge is 0.282 e. The van der Waals surface area contributed by atoms with Crippen LogP contribution in [-0.2, 0) is 62.1 Å². The molecule has 0 saturated heterocycles. The third-order valence-electron chi connectivity index (χ3n) is 11.1. The molecular weight excluding hydrogens is 729 g/mol. The molecule has 0 aliphatic heterocycles. The molecule has 4 aliphatic rings. The maximum absolute atomic E-state index is 12.0. The molecule has 16 heteroatoms. The summed E-state index contributed by atoms with van der Waals surface area (Å²) in [6.45, 7) is 0. The van der Waals surface area contributed by atoms with Crippen LogP contribution in [0.15, 0.2) is 117 Å². The maximum Gasteiger partial charge on any atom is 0.294 e. The summed E-state index contributed by atoms with van der Waals surface area (Å²) in [4.78, 5) is -1.14. The van der Waals surface area contributed by atoms with Gasteiger partial charge in [-0.25, -0.2) is 0 Å². The van der Waals surface area contributed by atoms with Crippen LogP contribution in [0, 0.1) is 0 Å². The molecule has 50 heavy (non-hydrogen) atoms. The van der Waals surface area contributed by atoms with Gasteiger partial charge in [0.05, 0.1) is 19.6 Å². The Morgan fingerprint density at radius 3 is 0.560 bits per heavy atom. The molecule has 0 radical (unpaired) electrons. The molecule has 4 N–H and O–H groups in total. The van der Waals surface area contributed by atoms with Gasteiger partial charge in [-0.15, -0.1) is 0 Å². The SMILES string of the molecule is O=S(=O)(O)c1ccc(C23CC4(c5ccc(S(=O)(=O)O)cc5)CC(c5ccc(S(=O)(=O)O)cc5)(C2)CC(c2ccc(S(=O)(=O)O)cc2)(C3)C4)cc1. The van der Waals surface area contributed by atoms with E-state index in [1.807, 2.05) is 0 Å². The van der Waals surface area contributed by atoms with Crippen LogP contribution in [0.4, 0.5) is 0 Å². The molecule has 8 rings (SSSR count). The van der Waals surface area contributed by atoms with Crippen LogP contribution in [0.3, 0.4) is 0 Å². The van der Waals surface area contributed by atoms with Gasteiger partial charge in [-0.2, -0.15) is 33.7 Å². The molecule has 4 aromatic rings. The standard InChI is InChI=1S/C34H32O12S4/c35-47(36,37)27-9-1-23(2-10-27)31-17-32(24-3-11-28(12-4-24)48(38,39)40)20-33(18-31,25-5-13-29(14-6-25)49(41,42)43)22-34(19-31,21-32)26-7-15-30(16-8-26)50(44,45)46/h1-16H,17-22H2,(H,35,36,37)(H,38,39,40)(H,41,42,43)(H,44,45,46). The van der Waals surface area contributed by atoms with Crippen LogP contribution in [0.2, 0.25) is 0 Å².